The number of benzene rings is 1. The van der Waals surface area contributed by atoms with Crippen molar-refractivity contribution in [3.05, 3.63) is 29.3 Å². The van der Waals surface area contributed by atoms with Crippen molar-refractivity contribution in [3.63, 3.8) is 0 Å². The van der Waals surface area contributed by atoms with Crippen LogP contribution in [-0.4, -0.2) is 12.1 Å². The average Bonchev–Trinajstić information content (AvgIpc) is 3.11. The zero-order valence-electron chi connectivity index (χ0n) is 22.5. The molecule has 0 heterocycles. The van der Waals surface area contributed by atoms with E-state index in [1.54, 1.807) is 6.07 Å². The van der Waals surface area contributed by atoms with Gasteiger partial charge in [0.25, 0.3) is 0 Å². The first-order chi connectivity index (χ1) is 16.0. The second-order valence-electron chi connectivity index (χ2n) is 13.6. The highest BCUT2D eigenvalue weighted by Crippen LogP contribution is 2.70. The number of fused-ring (bicyclic) bond motifs is 5. The Bertz CT molecular complexity index is 933. The van der Waals surface area contributed by atoms with Crippen LogP contribution in [-0.2, 0) is 4.74 Å². The highest BCUT2D eigenvalue weighted by atomic mass is 16.5. The number of anilines is 1. The average molecular weight is 466 g/mol. The number of nitrogen functional groups attached to an aromatic ring is 1. The molecule has 2 N–H and O–H groups in total. The molecule has 0 saturated heterocycles. The summed E-state index contributed by atoms with van der Waals surface area (Å²) in [6.45, 7) is 14.4. The van der Waals surface area contributed by atoms with Gasteiger partial charge < -0.3 is 10.5 Å². The van der Waals surface area contributed by atoms with Gasteiger partial charge in [0.15, 0.2) is 0 Å². The van der Waals surface area contributed by atoms with Crippen LogP contribution in [0.4, 0.5) is 5.69 Å². The molecule has 3 heteroatoms. The van der Waals surface area contributed by atoms with Crippen LogP contribution in [0.3, 0.4) is 0 Å². The largest absolute Gasteiger partial charge is 0.458 e. The van der Waals surface area contributed by atoms with Crippen molar-refractivity contribution in [2.24, 2.45) is 45.8 Å². The Morgan fingerprint density at radius 2 is 1.65 bits per heavy atom. The molecule has 34 heavy (non-hydrogen) atoms. The first-order valence-corrected chi connectivity index (χ1v) is 14.1. The number of ether oxygens (including phenoxy) is 1. The molecule has 0 radical (unpaired) electrons. The van der Waals surface area contributed by atoms with Crippen LogP contribution >= 0.6 is 0 Å². The molecule has 0 bridgehead atoms. The lowest BCUT2D eigenvalue weighted by Crippen LogP contribution is -2.59. The lowest BCUT2D eigenvalue weighted by atomic mass is 9.41. The molecule has 0 spiro atoms. The van der Waals surface area contributed by atoms with Crippen molar-refractivity contribution in [2.75, 3.05) is 5.73 Å². The fraction of sp³-hybridized carbons (Fsp3) is 0.774. The molecule has 4 saturated carbocycles. The van der Waals surface area contributed by atoms with E-state index >= 15 is 0 Å². The van der Waals surface area contributed by atoms with Crippen molar-refractivity contribution < 1.29 is 9.53 Å². The van der Waals surface area contributed by atoms with Gasteiger partial charge in [0, 0.05) is 11.1 Å². The number of aryl methyl sites for hydroxylation is 1. The summed E-state index contributed by atoms with van der Waals surface area (Å²) in [5.74, 6) is 4.01. The first-order valence-electron chi connectivity index (χ1n) is 14.1. The topological polar surface area (TPSA) is 52.3 Å². The summed E-state index contributed by atoms with van der Waals surface area (Å²) < 4.78 is 6.25. The van der Waals surface area contributed by atoms with Gasteiger partial charge in [-0.05, 0) is 122 Å². The molecule has 8 atom stereocenters. The van der Waals surface area contributed by atoms with Crippen molar-refractivity contribution in [1.82, 2.24) is 0 Å². The van der Waals surface area contributed by atoms with Crippen molar-refractivity contribution >= 4 is 11.7 Å². The van der Waals surface area contributed by atoms with E-state index in [9.17, 15) is 4.79 Å². The van der Waals surface area contributed by atoms with E-state index < -0.39 is 0 Å². The molecular formula is C31H47NO2. The Balaban J connectivity index is 1.36. The van der Waals surface area contributed by atoms with Gasteiger partial charge in [-0.2, -0.15) is 0 Å². The minimum atomic E-state index is -0.212. The number of hydrogen-bond acceptors (Lipinski definition) is 3. The zero-order chi connectivity index (χ0) is 24.5. The van der Waals surface area contributed by atoms with Crippen LogP contribution in [0.15, 0.2) is 18.2 Å². The van der Waals surface area contributed by atoms with Crippen molar-refractivity contribution in [2.45, 2.75) is 105 Å². The molecule has 4 aliphatic carbocycles. The number of carbonyl (C=O) groups is 1. The first kappa shape index (κ1) is 24.2. The van der Waals surface area contributed by atoms with Crippen LogP contribution in [0, 0.1) is 52.8 Å². The summed E-state index contributed by atoms with van der Waals surface area (Å²) in [5.41, 5.74) is 9.16. The number of hydrogen-bond donors (Lipinski definition) is 1. The van der Waals surface area contributed by atoms with Gasteiger partial charge >= 0.3 is 5.97 Å². The molecule has 1 aromatic rings. The highest BCUT2D eigenvalue weighted by Gasteiger charge is 2.63. The fourth-order valence-corrected chi connectivity index (χ4v) is 10.2. The van der Waals surface area contributed by atoms with Crippen LogP contribution in [0.1, 0.15) is 108 Å². The molecule has 0 aromatic heterocycles. The highest BCUT2D eigenvalue weighted by molar-refractivity contribution is 5.90. The van der Waals surface area contributed by atoms with Gasteiger partial charge in [-0.1, -0.05) is 41.0 Å². The second kappa shape index (κ2) is 8.27. The Morgan fingerprint density at radius 1 is 0.941 bits per heavy atom. The summed E-state index contributed by atoms with van der Waals surface area (Å²) >= 11 is 0. The lowest BCUT2D eigenvalue weighted by Gasteiger charge is -2.64. The van der Waals surface area contributed by atoms with Crippen LogP contribution < -0.4 is 5.73 Å². The van der Waals surface area contributed by atoms with Gasteiger partial charge in [-0.3, -0.25) is 0 Å². The molecule has 5 rings (SSSR count). The van der Waals surface area contributed by atoms with Gasteiger partial charge in [0.2, 0.25) is 0 Å². The molecular weight excluding hydrogens is 418 g/mol. The fourth-order valence-electron chi connectivity index (χ4n) is 10.2. The predicted octanol–water partition coefficient (Wildman–Crippen LogP) is 7.81. The SMILES string of the molecule is CCC1CCC2C3CCC4C(C)(C)C(OC(=O)c5cc(C)cc(N)c5)CCC4(C)C3CCC12C. The molecule has 0 aliphatic heterocycles. The number of carbonyl (C=O) groups excluding carboxylic acids is 1. The molecule has 0 amide bonds. The van der Waals surface area contributed by atoms with Gasteiger partial charge in [-0.25, -0.2) is 4.79 Å². The maximum Gasteiger partial charge on any atom is 0.338 e. The summed E-state index contributed by atoms with van der Waals surface area (Å²) in [6, 6.07) is 5.55. The minimum Gasteiger partial charge on any atom is -0.458 e. The molecule has 8 unspecified atom stereocenters. The summed E-state index contributed by atoms with van der Waals surface area (Å²) in [4.78, 5) is 13.1. The Kier molecular flexibility index (Phi) is 5.89. The Hall–Kier alpha value is -1.51. The quantitative estimate of drug-likeness (QED) is 0.366. The van der Waals surface area contributed by atoms with E-state index in [0.717, 1.165) is 35.7 Å². The van der Waals surface area contributed by atoms with E-state index in [4.69, 9.17) is 10.5 Å². The normalized spacial score (nSPS) is 42.9. The molecule has 188 valence electrons. The third-order valence-corrected chi connectivity index (χ3v) is 11.8. The Morgan fingerprint density at radius 3 is 2.35 bits per heavy atom. The van der Waals surface area contributed by atoms with E-state index in [-0.39, 0.29) is 17.5 Å². The predicted molar refractivity (Wildman–Crippen MR) is 139 cm³/mol. The van der Waals surface area contributed by atoms with Crippen LogP contribution in [0.5, 0.6) is 0 Å². The van der Waals surface area contributed by atoms with Crippen LogP contribution in [0.25, 0.3) is 0 Å². The third kappa shape index (κ3) is 3.54. The number of nitrogens with two attached hydrogens (primary N) is 1. The second-order valence-corrected chi connectivity index (χ2v) is 13.6. The van der Waals surface area contributed by atoms with Gasteiger partial charge in [0.05, 0.1) is 5.56 Å². The Labute approximate surface area is 207 Å². The van der Waals surface area contributed by atoms with Crippen molar-refractivity contribution in [3.8, 4) is 0 Å². The molecule has 4 fully saturated rings. The van der Waals surface area contributed by atoms with Gasteiger partial charge in [0.1, 0.15) is 6.10 Å². The van der Waals surface area contributed by atoms with E-state index in [0.29, 0.717) is 28.0 Å². The van der Waals surface area contributed by atoms with Gasteiger partial charge in [-0.15, -0.1) is 0 Å². The third-order valence-electron chi connectivity index (χ3n) is 11.8. The standard InChI is InChI=1S/C31H47NO2/c1-7-21-8-10-24-23-9-11-26-29(3,4)27(34-28(33)20-16-19(2)17-22(32)18-20)13-15-31(26,6)25(23)12-14-30(21,24)5/h16-18,21,23-27H,7-15,32H2,1-6H3. The summed E-state index contributed by atoms with van der Waals surface area (Å²) in [5, 5.41) is 0. The van der Waals surface area contributed by atoms with Crippen molar-refractivity contribution in [1.29, 1.82) is 0 Å². The van der Waals surface area contributed by atoms with E-state index in [1.807, 2.05) is 19.1 Å². The summed E-state index contributed by atoms with van der Waals surface area (Å²) in [6.07, 6.45) is 11.9. The monoisotopic (exact) mass is 465 g/mol. The van der Waals surface area contributed by atoms with E-state index in [2.05, 4.69) is 34.6 Å². The minimum absolute atomic E-state index is 0.00855. The maximum absolute atomic E-state index is 13.1. The van der Waals surface area contributed by atoms with E-state index in [1.165, 1.54) is 51.4 Å². The zero-order valence-corrected chi connectivity index (χ0v) is 22.5. The number of rotatable bonds is 3. The van der Waals surface area contributed by atoms with Crippen LogP contribution in [0.2, 0.25) is 0 Å². The smallest absolute Gasteiger partial charge is 0.338 e. The summed E-state index contributed by atoms with van der Waals surface area (Å²) in [7, 11) is 0. The maximum atomic E-state index is 13.1. The molecule has 1 aromatic carbocycles. The molecule has 3 nitrogen and oxygen atoms in total. The number of esters is 1. The lowest BCUT2D eigenvalue weighted by molar-refractivity contribution is -0.179. The molecule has 4 aliphatic rings.